The first kappa shape index (κ1) is 15.2. The highest BCUT2D eigenvalue weighted by Crippen LogP contribution is 2.13. The van der Waals surface area contributed by atoms with E-state index in [1.165, 1.54) is 4.90 Å². The molecular formula is C12H21N3O4S. The van der Waals surface area contributed by atoms with Gasteiger partial charge >= 0.3 is 11.8 Å². The summed E-state index contributed by atoms with van der Waals surface area (Å²) >= 11 is 0. The summed E-state index contributed by atoms with van der Waals surface area (Å²) in [6.45, 7) is 4.40. The largest absolute Gasteiger partial charge is 0.333 e. The number of rotatable bonds is 0. The molecule has 1 atom stereocenters. The van der Waals surface area contributed by atoms with E-state index in [0.717, 1.165) is 13.0 Å². The van der Waals surface area contributed by atoms with E-state index < -0.39 is 27.7 Å². The van der Waals surface area contributed by atoms with Gasteiger partial charge in [-0.3, -0.25) is 9.59 Å². The van der Waals surface area contributed by atoms with Gasteiger partial charge in [0.15, 0.2) is 9.84 Å². The zero-order valence-corrected chi connectivity index (χ0v) is 12.5. The van der Waals surface area contributed by atoms with Gasteiger partial charge in [0.2, 0.25) is 0 Å². The van der Waals surface area contributed by atoms with Crippen LogP contribution in [-0.2, 0) is 19.4 Å². The summed E-state index contributed by atoms with van der Waals surface area (Å²) in [6, 6.07) is -0.435. The first-order chi connectivity index (χ1) is 9.41. The van der Waals surface area contributed by atoms with Crippen LogP contribution in [0.1, 0.15) is 13.3 Å². The monoisotopic (exact) mass is 303 g/mol. The van der Waals surface area contributed by atoms with Crippen molar-refractivity contribution in [2.45, 2.75) is 19.4 Å². The Kier molecular flexibility index (Phi) is 4.64. The van der Waals surface area contributed by atoms with Crippen LogP contribution < -0.4 is 5.32 Å². The lowest BCUT2D eigenvalue weighted by Crippen LogP contribution is -2.55. The molecule has 0 saturated carbocycles. The van der Waals surface area contributed by atoms with Gasteiger partial charge in [-0.1, -0.05) is 0 Å². The average molecular weight is 303 g/mol. The summed E-state index contributed by atoms with van der Waals surface area (Å²) in [5, 5.41) is 3.17. The van der Waals surface area contributed by atoms with Crippen molar-refractivity contribution >= 4 is 21.7 Å². The minimum Gasteiger partial charge on any atom is -0.333 e. The number of hydrogen-bond donors (Lipinski definition) is 1. The minimum absolute atomic E-state index is 0.0576. The van der Waals surface area contributed by atoms with Crippen LogP contribution in [0.5, 0.6) is 0 Å². The highest BCUT2D eigenvalue weighted by atomic mass is 32.2. The second kappa shape index (κ2) is 6.09. The van der Waals surface area contributed by atoms with Crippen molar-refractivity contribution < 1.29 is 18.0 Å². The normalized spacial score (nSPS) is 26.9. The third kappa shape index (κ3) is 3.49. The maximum Gasteiger partial charge on any atom is 0.312 e. The number of nitrogens with one attached hydrogen (secondary N) is 1. The Morgan fingerprint density at radius 3 is 2.55 bits per heavy atom. The average Bonchev–Trinajstić information content (AvgIpc) is 2.65. The van der Waals surface area contributed by atoms with Crippen molar-refractivity contribution in [2.75, 3.05) is 44.2 Å². The van der Waals surface area contributed by atoms with E-state index in [9.17, 15) is 18.0 Å². The molecule has 0 aromatic carbocycles. The van der Waals surface area contributed by atoms with Crippen LogP contribution in [0.4, 0.5) is 0 Å². The Morgan fingerprint density at radius 2 is 1.85 bits per heavy atom. The van der Waals surface area contributed by atoms with Crippen LogP contribution in [0.2, 0.25) is 0 Å². The number of carbonyl (C=O) groups is 2. The number of nitrogens with zero attached hydrogens (tertiary/aromatic N) is 2. The van der Waals surface area contributed by atoms with E-state index in [1.54, 1.807) is 11.8 Å². The molecule has 2 rings (SSSR count). The van der Waals surface area contributed by atoms with E-state index in [0.29, 0.717) is 19.6 Å². The molecule has 20 heavy (non-hydrogen) atoms. The molecule has 8 heteroatoms. The van der Waals surface area contributed by atoms with E-state index in [-0.39, 0.29) is 18.1 Å². The number of amides is 2. The third-order valence-corrected chi connectivity index (χ3v) is 5.54. The van der Waals surface area contributed by atoms with Crippen molar-refractivity contribution in [1.29, 1.82) is 0 Å². The number of hydrogen-bond acceptors (Lipinski definition) is 5. The van der Waals surface area contributed by atoms with Gasteiger partial charge in [-0.05, 0) is 19.9 Å². The first-order valence-corrected chi connectivity index (χ1v) is 8.74. The highest BCUT2D eigenvalue weighted by molar-refractivity contribution is 7.91. The Morgan fingerprint density at radius 1 is 1.10 bits per heavy atom. The lowest BCUT2D eigenvalue weighted by molar-refractivity contribution is -0.152. The van der Waals surface area contributed by atoms with E-state index in [2.05, 4.69) is 5.32 Å². The molecule has 0 aromatic heterocycles. The summed E-state index contributed by atoms with van der Waals surface area (Å²) in [5.74, 6) is -1.21. The third-order valence-electron chi connectivity index (χ3n) is 3.74. The zero-order valence-electron chi connectivity index (χ0n) is 11.7. The molecule has 2 amide bonds. The van der Waals surface area contributed by atoms with E-state index >= 15 is 0 Å². The van der Waals surface area contributed by atoms with Crippen LogP contribution in [0.15, 0.2) is 0 Å². The molecule has 114 valence electrons. The van der Waals surface area contributed by atoms with Crippen molar-refractivity contribution in [3.63, 3.8) is 0 Å². The molecule has 7 nitrogen and oxygen atoms in total. The summed E-state index contributed by atoms with van der Waals surface area (Å²) in [7, 11) is -3.08. The fourth-order valence-electron chi connectivity index (χ4n) is 2.61. The lowest BCUT2D eigenvalue weighted by Gasteiger charge is -2.34. The fourth-order valence-corrected chi connectivity index (χ4v) is 4.16. The molecule has 0 bridgehead atoms. The molecule has 2 fully saturated rings. The Hall–Kier alpha value is -1.15. The predicted octanol–water partition coefficient (Wildman–Crippen LogP) is -1.55. The Labute approximate surface area is 119 Å². The number of sulfone groups is 1. The summed E-state index contributed by atoms with van der Waals surface area (Å²) in [6.07, 6.45) is 0.822. The van der Waals surface area contributed by atoms with Crippen LogP contribution in [0.3, 0.4) is 0 Å². The van der Waals surface area contributed by atoms with Crippen molar-refractivity contribution in [1.82, 2.24) is 15.1 Å². The van der Waals surface area contributed by atoms with Gasteiger partial charge < -0.3 is 15.1 Å². The predicted molar refractivity (Wildman–Crippen MR) is 73.9 cm³/mol. The second-order valence-electron chi connectivity index (χ2n) is 5.36. The topological polar surface area (TPSA) is 86.8 Å². The molecule has 0 aliphatic carbocycles. The SMILES string of the molecule is CC1CS(=O)(=O)CCN1C(=O)C(=O)N1CCCNCC1. The summed E-state index contributed by atoms with van der Waals surface area (Å²) < 4.78 is 23.0. The van der Waals surface area contributed by atoms with Gasteiger partial charge in [0.05, 0.1) is 11.5 Å². The number of carbonyl (C=O) groups excluding carboxylic acids is 2. The molecule has 2 heterocycles. The fraction of sp³-hybridized carbons (Fsp3) is 0.833. The molecule has 0 spiro atoms. The Balaban J connectivity index is 2.01. The van der Waals surface area contributed by atoms with Gasteiger partial charge in [0.1, 0.15) is 0 Å². The first-order valence-electron chi connectivity index (χ1n) is 6.92. The molecular weight excluding hydrogens is 282 g/mol. The minimum atomic E-state index is -3.08. The van der Waals surface area contributed by atoms with Crippen molar-refractivity contribution in [3.05, 3.63) is 0 Å². The molecule has 0 aromatic rings. The molecule has 2 saturated heterocycles. The standard InChI is InChI=1S/C12H21N3O4S/c1-10-9-20(18,19)8-7-15(10)12(17)11(16)14-5-2-3-13-4-6-14/h10,13H,2-9H2,1H3. The summed E-state index contributed by atoms with van der Waals surface area (Å²) in [4.78, 5) is 27.4. The van der Waals surface area contributed by atoms with Gasteiger partial charge in [-0.15, -0.1) is 0 Å². The molecule has 2 aliphatic rings. The van der Waals surface area contributed by atoms with Crippen LogP contribution in [0, 0.1) is 0 Å². The lowest BCUT2D eigenvalue weighted by atomic mass is 10.2. The molecule has 1 unspecified atom stereocenters. The molecule has 0 radical (unpaired) electrons. The van der Waals surface area contributed by atoms with Crippen LogP contribution >= 0.6 is 0 Å². The van der Waals surface area contributed by atoms with Crippen LogP contribution in [0.25, 0.3) is 0 Å². The maximum absolute atomic E-state index is 12.3. The molecule has 1 N–H and O–H groups in total. The Bertz CT molecular complexity index is 483. The quantitative estimate of drug-likeness (QED) is 0.548. The highest BCUT2D eigenvalue weighted by Gasteiger charge is 2.35. The zero-order chi connectivity index (χ0) is 14.8. The van der Waals surface area contributed by atoms with Crippen molar-refractivity contribution in [3.8, 4) is 0 Å². The summed E-state index contributed by atoms with van der Waals surface area (Å²) in [5.41, 5.74) is 0. The van der Waals surface area contributed by atoms with Gasteiger partial charge in [-0.25, -0.2) is 8.42 Å². The van der Waals surface area contributed by atoms with Gasteiger partial charge in [-0.2, -0.15) is 0 Å². The van der Waals surface area contributed by atoms with E-state index in [1.807, 2.05) is 0 Å². The van der Waals surface area contributed by atoms with E-state index in [4.69, 9.17) is 0 Å². The second-order valence-corrected chi connectivity index (χ2v) is 7.59. The smallest absolute Gasteiger partial charge is 0.312 e. The molecule has 2 aliphatic heterocycles. The van der Waals surface area contributed by atoms with Gasteiger partial charge in [0.25, 0.3) is 0 Å². The van der Waals surface area contributed by atoms with Crippen LogP contribution in [-0.4, -0.2) is 80.3 Å². The maximum atomic E-state index is 12.3. The van der Waals surface area contributed by atoms with Gasteiger partial charge in [0, 0.05) is 32.2 Å². The van der Waals surface area contributed by atoms with Crippen molar-refractivity contribution in [2.24, 2.45) is 0 Å².